The summed E-state index contributed by atoms with van der Waals surface area (Å²) in [6, 6.07) is 10.9. The first kappa shape index (κ1) is 30.5. The van der Waals surface area contributed by atoms with Gasteiger partial charge in [0.15, 0.2) is 11.5 Å². The number of sulfonamides is 1. The van der Waals surface area contributed by atoms with E-state index in [-0.39, 0.29) is 24.2 Å². The number of aliphatic hydroxyl groups is 1. The lowest BCUT2D eigenvalue weighted by Gasteiger charge is -2.25. The van der Waals surface area contributed by atoms with Crippen molar-refractivity contribution in [3.05, 3.63) is 48.0 Å². The minimum atomic E-state index is -4.21. The number of aliphatic hydroxyl groups excluding tert-OH is 1. The van der Waals surface area contributed by atoms with E-state index in [2.05, 4.69) is 10.2 Å². The molecule has 2 atom stereocenters. The van der Waals surface area contributed by atoms with Gasteiger partial charge in [0.2, 0.25) is 6.79 Å². The van der Waals surface area contributed by atoms with Crippen molar-refractivity contribution in [2.75, 3.05) is 40.6 Å². The fourth-order valence-corrected chi connectivity index (χ4v) is 5.19. The number of carbonyl (C=O) groups is 1. The summed E-state index contributed by atoms with van der Waals surface area (Å²) >= 11 is 0. The zero-order chi connectivity index (χ0) is 28.6. The Hall–Kier alpha value is -3.06. The van der Waals surface area contributed by atoms with E-state index in [1.54, 1.807) is 20.8 Å². The number of ether oxygens (including phenoxy) is 3. The molecule has 11 nitrogen and oxygen atoms in total. The van der Waals surface area contributed by atoms with E-state index in [4.69, 9.17) is 19.0 Å². The second kappa shape index (κ2) is 13.8. The van der Waals surface area contributed by atoms with Crippen LogP contribution in [-0.4, -0.2) is 81.7 Å². The number of carbonyl (C=O) groups excluding carboxylic acids is 1. The topological polar surface area (TPSA) is 127 Å². The number of hydrogen-bond acceptors (Lipinski definition) is 9. The number of amides is 1. The molecule has 0 bridgehead atoms. The molecular weight excluding hydrogens is 526 g/mol. The lowest BCUT2D eigenvalue weighted by molar-refractivity contribution is -0.0323. The van der Waals surface area contributed by atoms with Gasteiger partial charge in [0.25, 0.3) is 10.0 Å². The highest BCUT2D eigenvalue weighted by atomic mass is 32.2. The van der Waals surface area contributed by atoms with Crippen molar-refractivity contribution in [1.29, 1.82) is 0 Å². The normalized spacial score (nSPS) is 14.5. The molecule has 1 aliphatic rings. The Morgan fingerprint density at radius 1 is 1.08 bits per heavy atom. The number of benzene rings is 2. The third-order valence-corrected chi connectivity index (χ3v) is 7.50. The summed E-state index contributed by atoms with van der Waals surface area (Å²) < 4.78 is 43.6. The molecule has 3 rings (SSSR count). The molecule has 0 fully saturated rings. The summed E-state index contributed by atoms with van der Waals surface area (Å²) in [4.78, 5) is 20.1. The molecule has 2 aromatic carbocycles. The number of hydrogen-bond donors (Lipinski definition) is 2. The Kier molecular flexibility index (Phi) is 10.8. The van der Waals surface area contributed by atoms with Gasteiger partial charge in [-0.3, -0.25) is 0 Å². The van der Waals surface area contributed by atoms with Gasteiger partial charge >= 0.3 is 6.09 Å². The fourth-order valence-electron chi connectivity index (χ4n) is 3.80. The molecule has 2 N–H and O–H groups in total. The van der Waals surface area contributed by atoms with E-state index in [1.165, 1.54) is 18.2 Å². The molecule has 39 heavy (non-hydrogen) atoms. The highest BCUT2D eigenvalue weighted by molar-refractivity contribution is 7.89. The van der Waals surface area contributed by atoms with Gasteiger partial charge in [-0.25, -0.2) is 13.2 Å². The predicted molar refractivity (Wildman–Crippen MR) is 145 cm³/mol. The molecule has 1 heterocycles. The summed E-state index contributed by atoms with van der Waals surface area (Å²) in [5, 5.41) is 12.9. The molecule has 2 aromatic rings. The van der Waals surface area contributed by atoms with Crippen LogP contribution in [0.3, 0.4) is 0 Å². The van der Waals surface area contributed by atoms with E-state index in [0.717, 1.165) is 24.3 Å². The molecule has 216 valence electrons. The quantitative estimate of drug-likeness (QED) is 0.263. The zero-order valence-electron chi connectivity index (χ0n) is 23.1. The highest BCUT2D eigenvalue weighted by Gasteiger charge is 2.32. The van der Waals surface area contributed by atoms with Gasteiger partial charge in [-0.05, 0) is 74.1 Å². The Balaban J connectivity index is 1.64. The number of hydroxylamine groups is 1. The Bertz CT molecular complexity index is 1190. The van der Waals surface area contributed by atoms with E-state index in [0.29, 0.717) is 29.0 Å². The summed E-state index contributed by atoms with van der Waals surface area (Å²) in [5.74, 6) is 1.32. The summed E-state index contributed by atoms with van der Waals surface area (Å²) in [5.41, 5.74) is 0.855. The number of rotatable bonds is 14. The third-order valence-electron chi connectivity index (χ3n) is 5.89. The Labute approximate surface area is 230 Å². The Morgan fingerprint density at radius 3 is 2.41 bits per heavy atom. The van der Waals surface area contributed by atoms with Crippen LogP contribution in [0.5, 0.6) is 17.2 Å². The zero-order valence-corrected chi connectivity index (χ0v) is 23.9. The molecule has 0 radical (unpaired) electrons. The maximum atomic E-state index is 13.3. The lowest BCUT2D eigenvalue weighted by Crippen LogP contribution is -2.47. The van der Waals surface area contributed by atoms with E-state index in [9.17, 15) is 18.3 Å². The van der Waals surface area contributed by atoms with Crippen molar-refractivity contribution in [3.8, 4) is 17.2 Å². The molecule has 0 saturated carbocycles. The van der Waals surface area contributed by atoms with E-state index < -0.39 is 28.3 Å². The van der Waals surface area contributed by atoms with Gasteiger partial charge < -0.3 is 34.4 Å². The first-order valence-corrected chi connectivity index (χ1v) is 14.3. The lowest BCUT2D eigenvalue weighted by atomic mass is 10.0. The van der Waals surface area contributed by atoms with Crippen molar-refractivity contribution < 1.29 is 37.4 Å². The molecule has 1 amide bonds. The van der Waals surface area contributed by atoms with Crippen LogP contribution in [-0.2, 0) is 21.3 Å². The van der Waals surface area contributed by atoms with Gasteiger partial charge in [0.05, 0.1) is 30.2 Å². The minimum absolute atomic E-state index is 0.000701. The van der Waals surface area contributed by atoms with E-state index in [1.807, 2.05) is 38.4 Å². The smallest absolute Gasteiger partial charge is 0.427 e. The van der Waals surface area contributed by atoms with Crippen LogP contribution in [0.15, 0.2) is 47.4 Å². The van der Waals surface area contributed by atoms with Gasteiger partial charge in [0.1, 0.15) is 5.75 Å². The van der Waals surface area contributed by atoms with Gasteiger partial charge in [0, 0.05) is 12.6 Å². The van der Waals surface area contributed by atoms with Gasteiger partial charge in [-0.1, -0.05) is 26.0 Å². The molecule has 0 saturated heterocycles. The molecule has 0 spiro atoms. The van der Waals surface area contributed by atoms with Gasteiger partial charge in [-0.15, -0.1) is 0 Å². The van der Waals surface area contributed by atoms with Gasteiger partial charge in [-0.2, -0.15) is 0 Å². The van der Waals surface area contributed by atoms with E-state index >= 15 is 0 Å². The molecule has 1 aliphatic heterocycles. The average Bonchev–Trinajstić information content (AvgIpc) is 3.34. The van der Waals surface area contributed by atoms with Crippen LogP contribution in [0.4, 0.5) is 4.79 Å². The molecule has 0 aromatic heterocycles. The van der Waals surface area contributed by atoms with Crippen LogP contribution >= 0.6 is 0 Å². The maximum Gasteiger partial charge on any atom is 0.427 e. The number of nitrogens with zero attached hydrogens (tertiary/aromatic N) is 2. The number of nitrogens with one attached hydrogen (secondary N) is 1. The molecule has 2 unspecified atom stereocenters. The SMILES string of the molecule is CC(C)CN(OC(=O)NC(Cc1ccc(OCCCN(C)C)cc1)C(C)O)S(=O)(=O)c1ccc2c(c1)OCO2. The minimum Gasteiger partial charge on any atom is -0.494 e. The van der Waals surface area contributed by atoms with Crippen molar-refractivity contribution in [2.24, 2.45) is 5.92 Å². The van der Waals surface area contributed by atoms with Crippen molar-refractivity contribution in [1.82, 2.24) is 14.7 Å². The monoisotopic (exact) mass is 565 g/mol. The van der Waals surface area contributed by atoms with Crippen LogP contribution in [0, 0.1) is 5.92 Å². The highest BCUT2D eigenvalue weighted by Crippen LogP contribution is 2.34. The summed E-state index contributed by atoms with van der Waals surface area (Å²) in [6.07, 6.45) is -0.717. The second-order valence-corrected chi connectivity index (χ2v) is 12.0. The van der Waals surface area contributed by atoms with Crippen LogP contribution in [0.25, 0.3) is 0 Å². The molecule has 0 aliphatic carbocycles. The number of fused-ring (bicyclic) bond motifs is 1. The van der Waals surface area contributed by atoms with Crippen molar-refractivity contribution in [3.63, 3.8) is 0 Å². The fraction of sp³-hybridized carbons (Fsp3) is 0.519. The first-order valence-electron chi connectivity index (χ1n) is 12.9. The molecular formula is C27H39N3O8S. The van der Waals surface area contributed by atoms with Crippen molar-refractivity contribution in [2.45, 2.75) is 50.7 Å². The van der Waals surface area contributed by atoms with Crippen LogP contribution in [0.1, 0.15) is 32.8 Å². The standard InChI is InChI=1S/C27H39N3O8S/c1-19(2)17-30(39(33,34)23-11-12-25-26(16-23)37-18-36-25)38-27(32)28-24(20(3)31)15-21-7-9-22(10-8-21)35-14-6-13-29(4)5/h7-12,16,19-20,24,31H,6,13-15,17-18H2,1-5H3,(H,28,32). The largest absolute Gasteiger partial charge is 0.494 e. The predicted octanol–water partition coefficient (Wildman–Crippen LogP) is 3.03. The van der Waals surface area contributed by atoms with Crippen LogP contribution in [0.2, 0.25) is 0 Å². The Morgan fingerprint density at radius 2 is 1.77 bits per heavy atom. The summed E-state index contributed by atoms with van der Waals surface area (Å²) in [6.45, 7) is 6.61. The third kappa shape index (κ3) is 8.99. The maximum absolute atomic E-state index is 13.3. The second-order valence-electron chi connectivity index (χ2n) is 10.1. The van der Waals surface area contributed by atoms with Crippen LogP contribution < -0.4 is 19.5 Å². The summed E-state index contributed by atoms with van der Waals surface area (Å²) in [7, 11) is -0.189. The van der Waals surface area contributed by atoms with Crippen molar-refractivity contribution >= 4 is 16.1 Å². The average molecular weight is 566 g/mol. The molecule has 12 heteroatoms. The first-order chi connectivity index (χ1) is 18.5.